The summed E-state index contributed by atoms with van der Waals surface area (Å²) in [5.41, 5.74) is 2.47. The SMILES string of the molecule is O=C1C2CCCC(Cc3cccc(Cl)c3)CCCN2CCN1Cc1ccc(Cl)cc1. The van der Waals surface area contributed by atoms with Crippen molar-refractivity contribution in [3.8, 4) is 0 Å². The third kappa shape index (κ3) is 5.57. The van der Waals surface area contributed by atoms with Gasteiger partial charge in [-0.15, -0.1) is 0 Å². The van der Waals surface area contributed by atoms with E-state index >= 15 is 0 Å². The van der Waals surface area contributed by atoms with Crippen LogP contribution in [0.2, 0.25) is 10.0 Å². The average molecular weight is 445 g/mol. The van der Waals surface area contributed by atoms with E-state index in [1.807, 2.05) is 41.3 Å². The molecule has 5 heteroatoms. The van der Waals surface area contributed by atoms with E-state index in [0.717, 1.165) is 60.9 Å². The summed E-state index contributed by atoms with van der Waals surface area (Å²) in [5.74, 6) is 0.967. The number of carbonyl (C=O) groups excluding carboxylic acids is 1. The molecule has 0 spiro atoms. The molecule has 2 aliphatic rings. The third-order valence-electron chi connectivity index (χ3n) is 6.54. The van der Waals surface area contributed by atoms with Crippen LogP contribution >= 0.6 is 23.2 Å². The van der Waals surface area contributed by atoms with Gasteiger partial charge in [-0.1, -0.05) is 60.3 Å². The van der Waals surface area contributed by atoms with Gasteiger partial charge in [0.2, 0.25) is 5.91 Å². The number of nitrogens with zero attached hydrogens (tertiary/aromatic N) is 2. The second-order valence-corrected chi connectivity index (χ2v) is 9.58. The molecule has 2 heterocycles. The summed E-state index contributed by atoms with van der Waals surface area (Å²) in [6, 6.07) is 16.1. The molecule has 0 aliphatic carbocycles. The maximum absolute atomic E-state index is 13.3. The molecule has 1 amide bonds. The quantitative estimate of drug-likeness (QED) is 0.591. The summed E-state index contributed by atoms with van der Waals surface area (Å²) in [7, 11) is 0. The second kappa shape index (κ2) is 10.2. The van der Waals surface area contributed by atoms with E-state index in [1.54, 1.807) is 0 Å². The number of carbonyl (C=O) groups is 1. The molecular formula is C25H30Cl2N2O. The minimum absolute atomic E-state index is 0.0379. The predicted octanol–water partition coefficient (Wildman–Crippen LogP) is 5.83. The maximum Gasteiger partial charge on any atom is 0.240 e. The number of halogens is 2. The second-order valence-electron chi connectivity index (χ2n) is 8.71. The maximum atomic E-state index is 13.3. The van der Waals surface area contributed by atoms with Crippen molar-refractivity contribution < 1.29 is 4.79 Å². The molecule has 0 N–H and O–H groups in total. The molecule has 4 rings (SSSR count). The van der Waals surface area contributed by atoms with Crippen molar-refractivity contribution in [2.45, 2.75) is 51.1 Å². The molecule has 30 heavy (non-hydrogen) atoms. The Kier molecular flexibility index (Phi) is 7.35. The standard InChI is InChI=1S/C25H30Cl2N2O/c26-22-11-9-20(10-12-22)18-29-15-14-28-13-3-6-19(4-2-8-24(28)25(29)30)16-21-5-1-7-23(27)17-21/h1,5,7,9-12,17,19,24H,2-4,6,8,13-16,18H2. The lowest BCUT2D eigenvalue weighted by Gasteiger charge is -2.40. The van der Waals surface area contributed by atoms with E-state index < -0.39 is 0 Å². The normalized spacial score (nSPS) is 23.4. The van der Waals surface area contributed by atoms with E-state index in [-0.39, 0.29) is 6.04 Å². The first kappa shape index (κ1) is 21.7. The zero-order chi connectivity index (χ0) is 20.9. The summed E-state index contributed by atoms with van der Waals surface area (Å²) in [6.07, 6.45) is 6.71. The Morgan fingerprint density at radius 2 is 1.63 bits per heavy atom. The smallest absolute Gasteiger partial charge is 0.240 e. The molecule has 2 saturated heterocycles. The van der Waals surface area contributed by atoms with Crippen LogP contribution in [0.1, 0.15) is 43.2 Å². The van der Waals surface area contributed by atoms with E-state index in [0.29, 0.717) is 18.4 Å². The Labute approximate surface area is 190 Å². The van der Waals surface area contributed by atoms with Crippen molar-refractivity contribution in [2.75, 3.05) is 19.6 Å². The Morgan fingerprint density at radius 3 is 2.43 bits per heavy atom. The van der Waals surface area contributed by atoms with Crippen LogP contribution in [0, 0.1) is 5.92 Å². The van der Waals surface area contributed by atoms with Crippen molar-refractivity contribution >= 4 is 29.1 Å². The van der Waals surface area contributed by atoms with Crippen LogP contribution in [0.5, 0.6) is 0 Å². The fourth-order valence-corrected chi connectivity index (χ4v) is 5.29. The summed E-state index contributed by atoms with van der Waals surface area (Å²) in [4.78, 5) is 17.7. The molecule has 3 nitrogen and oxygen atoms in total. The topological polar surface area (TPSA) is 23.6 Å². The van der Waals surface area contributed by atoms with Crippen LogP contribution < -0.4 is 0 Å². The third-order valence-corrected chi connectivity index (χ3v) is 7.03. The summed E-state index contributed by atoms with van der Waals surface area (Å²) in [6.45, 7) is 3.49. The monoisotopic (exact) mass is 444 g/mol. The van der Waals surface area contributed by atoms with Gasteiger partial charge < -0.3 is 4.90 Å². The molecule has 2 aliphatic heterocycles. The van der Waals surface area contributed by atoms with Crippen LogP contribution in [0.4, 0.5) is 0 Å². The lowest BCUT2D eigenvalue weighted by atomic mass is 9.90. The highest BCUT2D eigenvalue weighted by Crippen LogP contribution is 2.27. The Bertz CT molecular complexity index is 854. The van der Waals surface area contributed by atoms with Crippen molar-refractivity contribution in [2.24, 2.45) is 5.92 Å². The number of amides is 1. The van der Waals surface area contributed by atoms with Crippen molar-refractivity contribution in [3.63, 3.8) is 0 Å². The molecule has 2 atom stereocenters. The molecule has 0 saturated carbocycles. The fraction of sp³-hybridized carbons (Fsp3) is 0.480. The predicted molar refractivity (Wildman–Crippen MR) is 124 cm³/mol. The van der Waals surface area contributed by atoms with Gasteiger partial charge in [-0.3, -0.25) is 9.69 Å². The minimum Gasteiger partial charge on any atom is -0.336 e. The number of hydrogen-bond donors (Lipinski definition) is 0. The molecule has 2 fully saturated rings. The van der Waals surface area contributed by atoms with Crippen molar-refractivity contribution in [1.82, 2.24) is 9.80 Å². The molecule has 0 aromatic heterocycles. The highest BCUT2D eigenvalue weighted by atomic mass is 35.5. The van der Waals surface area contributed by atoms with Gasteiger partial charge in [0.1, 0.15) is 0 Å². The largest absolute Gasteiger partial charge is 0.336 e. The molecule has 0 radical (unpaired) electrons. The van der Waals surface area contributed by atoms with Crippen molar-refractivity contribution in [1.29, 1.82) is 0 Å². The van der Waals surface area contributed by atoms with Crippen LogP contribution in [0.25, 0.3) is 0 Å². The van der Waals surface area contributed by atoms with Gasteiger partial charge in [0.05, 0.1) is 6.04 Å². The Balaban J connectivity index is 1.36. The number of fused-ring (bicyclic) bond motifs is 1. The number of hydrogen-bond acceptors (Lipinski definition) is 2. The minimum atomic E-state index is 0.0379. The Morgan fingerprint density at radius 1 is 0.833 bits per heavy atom. The Hall–Kier alpha value is -1.55. The van der Waals surface area contributed by atoms with E-state index in [9.17, 15) is 4.79 Å². The molecule has 2 aromatic carbocycles. The van der Waals surface area contributed by atoms with Gasteiger partial charge in [0.15, 0.2) is 0 Å². The fourth-order valence-electron chi connectivity index (χ4n) is 4.95. The molecule has 2 unspecified atom stereocenters. The van der Waals surface area contributed by atoms with Crippen molar-refractivity contribution in [3.05, 3.63) is 69.7 Å². The van der Waals surface area contributed by atoms with Gasteiger partial charge in [-0.2, -0.15) is 0 Å². The molecule has 0 bridgehead atoms. The summed E-state index contributed by atoms with van der Waals surface area (Å²) < 4.78 is 0. The number of piperazine rings is 1. The van der Waals surface area contributed by atoms with Gasteiger partial charge >= 0.3 is 0 Å². The number of benzene rings is 2. The van der Waals surface area contributed by atoms with Gasteiger partial charge in [-0.25, -0.2) is 0 Å². The first-order chi connectivity index (χ1) is 14.6. The van der Waals surface area contributed by atoms with Crippen LogP contribution in [0.15, 0.2) is 48.5 Å². The zero-order valence-corrected chi connectivity index (χ0v) is 18.9. The van der Waals surface area contributed by atoms with E-state index in [4.69, 9.17) is 23.2 Å². The highest BCUT2D eigenvalue weighted by molar-refractivity contribution is 6.30. The van der Waals surface area contributed by atoms with Crippen LogP contribution in [0.3, 0.4) is 0 Å². The van der Waals surface area contributed by atoms with E-state index in [2.05, 4.69) is 17.0 Å². The van der Waals surface area contributed by atoms with E-state index in [1.165, 1.54) is 18.4 Å². The summed E-state index contributed by atoms with van der Waals surface area (Å²) >= 11 is 12.2. The lowest BCUT2D eigenvalue weighted by Crippen LogP contribution is -2.56. The molecule has 2 aromatic rings. The molecular weight excluding hydrogens is 415 g/mol. The number of rotatable bonds is 4. The molecule has 160 valence electrons. The lowest BCUT2D eigenvalue weighted by molar-refractivity contribution is -0.142. The van der Waals surface area contributed by atoms with Gasteiger partial charge in [-0.05, 0) is 73.5 Å². The van der Waals surface area contributed by atoms with Gasteiger partial charge in [0, 0.05) is 29.7 Å². The average Bonchev–Trinajstić information content (AvgIpc) is 2.82. The first-order valence-corrected chi connectivity index (χ1v) is 11.9. The van der Waals surface area contributed by atoms with Crippen LogP contribution in [-0.2, 0) is 17.8 Å². The zero-order valence-electron chi connectivity index (χ0n) is 17.4. The van der Waals surface area contributed by atoms with Gasteiger partial charge in [0.25, 0.3) is 0 Å². The first-order valence-electron chi connectivity index (χ1n) is 11.1. The van der Waals surface area contributed by atoms with Crippen LogP contribution in [-0.4, -0.2) is 41.4 Å². The summed E-state index contributed by atoms with van der Waals surface area (Å²) in [5, 5.41) is 1.55. The highest BCUT2D eigenvalue weighted by Gasteiger charge is 2.34.